The summed E-state index contributed by atoms with van der Waals surface area (Å²) in [5, 5.41) is 0. The Balaban J connectivity index is 1.80. The van der Waals surface area contributed by atoms with Gasteiger partial charge in [-0.3, -0.25) is 0 Å². The van der Waals surface area contributed by atoms with E-state index in [1.54, 1.807) is 0 Å². The van der Waals surface area contributed by atoms with E-state index in [-0.39, 0.29) is 0 Å². The van der Waals surface area contributed by atoms with Crippen molar-refractivity contribution < 1.29 is 8.23 Å². The Morgan fingerprint density at radius 1 is 1.29 bits per heavy atom. The Labute approximate surface area is 89.2 Å². The van der Waals surface area contributed by atoms with Gasteiger partial charge in [0.05, 0.1) is 0 Å². The first-order valence-corrected chi connectivity index (χ1v) is 8.06. The van der Waals surface area contributed by atoms with Crippen LogP contribution in [0.15, 0.2) is 30.3 Å². The summed E-state index contributed by atoms with van der Waals surface area (Å²) in [6, 6.07) is 11.8. The fourth-order valence-electron chi connectivity index (χ4n) is 1.67. The SMILES string of the molecule is CC(CC[SiH]1O[SiH2]O1)c1ccccc1. The molecule has 76 valence electrons. The quantitative estimate of drug-likeness (QED) is 0.721. The van der Waals surface area contributed by atoms with Gasteiger partial charge in [0, 0.05) is 0 Å². The molecule has 0 radical (unpaired) electrons. The van der Waals surface area contributed by atoms with Crippen LogP contribution >= 0.6 is 0 Å². The lowest BCUT2D eigenvalue weighted by atomic mass is 9.99. The van der Waals surface area contributed by atoms with Gasteiger partial charge in [-0.1, -0.05) is 37.3 Å². The van der Waals surface area contributed by atoms with E-state index in [9.17, 15) is 0 Å². The van der Waals surface area contributed by atoms with Crippen LogP contribution in [0.3, 0.4) is 0 Å². The van der Waals surface area contributed by atoms with Crippen molar-refractivity contribution in [3.05, 3.63) is 35.9 Å². The highest BCUT2D eigenvalue weighted by Crippen LogP contribution is 2.22. The second kappa shape index (κ2) is 4.88. The minimum absolute atomic E-state index is 0.488. The number of benzene rings is 1. The molecule has 14 heavy (non-hydrogen) atoms. The molecular formula is C10H16O2Si2. The molecule has 1 aliphatic heterocycles. The molecule has 1 aromatic rings. The molecule has 1 unspecified atom stereocenters. The first-order valence-electron chi connectivity index (χ1n) is 5.14. The zero-order valence-corrected chi connectivity index (χ0v) is 11.0. The number of hydrogen-bond donors (Lipinski definition) is 0. The molecule has 1 saturated heterocycles. The van der Waals surface area contributed by atoms with Gasteiger partial charge in [0.1, 0.15) is 0 Å². The molecular weight excluding hydrogens is 208 g/mol. The van der Waals surface area contributed by atoms with Crippen molar-refractivity contribution in [2.75, 3.05) is 0 Å². The molecule has 2 nitrogen and oxygen atoms in total. The van der Waals surface area contributed by atoms with Crippen molar-refractivity contribution in [2.45, 2.75) is 25.3 Å². The Bertz CT molecular complexity index is 275. The van der Waals surface area contributed by atoms with Gasteiger partial charge < -0.3 is 8.23 Å². The maximum Gasteiger partial charge on any atom is 0.303 e. The summed E-state index contributed by atoms with van der Waals surface area (Å²) >= 11 is 0. The second-order valence-electron chi connectivity index (χ2n) is 3.77. The Kier molecular flexibility index (Phi) is 3.52. The normalized spacial score (nSPS) is 24.5. The smallest absolute Gasteiger partial charge is 0.303 e. The van der Waals surface area contributed by atoms with Crippen molar-refractivity contribution in [3.63, 3.8) is 0 Å². The lowest BCUT2D eigenvalue weighted by molar-refractivity contribution is 0.308. The van der Waals surface area contributed by atoms with Crippen molar-refractivity contribution >= 4 is 19.3 Å². The summed E-state index contributed by atoms with van der Waals surface area (Å²) in [6.07, 6.45) is 1.20. The molecule has 4 heteroatoms. The lowest BCUT2D eigenvalue weighted by Gasteiger charge is -2.26. The van der Waals surface area contributed by atoms with Crippen molar-refractivity contribution in [3.8, 4) is 0 Å². The first kappa shape index (κ1) is 10.1. The Hall–Kier alpha value is -0.426. The molecule has 0 aliphatic carbocycles. The topological polar surface area (TPSA) is 18.5 Å². The van der Waals surface area contributed by atoms with Crippen LogP contribution in [0, 0.1) is 0 Å². The van der Waals surface area contributed by atoms with Crippen molar-refractivity contribution in [1.29, 1.82) is 0 Å². The fourth-order valence-corrected chi connectivity index (χ4v) is 5.08. The van der Waals surface area contributed by atoms with Gasteiger partial charge in [-0.15, -0.1) is 0 Å². The van der Waals surface area contributed by atoms with Crippen molar-refractivity contribution in [1.82, 2.24) is 0 Å². The second-order valence-corrected chi connectivity index (χ2v) is 8.11. The summed E-state index contributed by atoms with van der Waals surface area (Å²) in [5.74, 6) is 0.637. The van der Waals surface area contributed by atoms with E-state index in [4.69, 9.17) is 8.23 Å². The third-order valence-electron chi connectivity index (χ3n) is 2.71. The summed E-state index contributed by atoms with van der Waals surface area (Å²) < 4.78 is 10.9. The van der Waals surface area contributed by atoms with Crippen LogP contribution in [-0.2, 0) is 8.23 Å². The highest BCUT2D eigenvalue weighted by molar-refractivity contribution is 6.64. The maximum absolute atomic E-state index is 5.47. The van der Waals surface area contributed by atoms with Gasteiger partial charge in [0.15, 0.2) is 0 Å². The van der Waals surface area contributed by atoms with E-state index in [1.165, 1.54) is 18.0 Å². The summed E-state index contributed by atoms with van der Waals surface area (Å²) in [4.78, 5) is 0. The minimum atomic E-state index is -1.12. The predicted molar refractivity (Wildman–Crippen MR) is 62.1 cm³/mol. The molecule has 0 N–H and O–H groups in total. The highest BCUT2D eigenvalue weighted by Gasteiger charge is 2.22. The molecule has 0 saturated carbocycles. The van der Waals surface area contributed by atoms with Gasteiger partial charge >= 0.3 is 9.28 Å². The largest absolute Gasteiger partial charge is 0.422 e. The minimum Gasteiger partial charge on any atom is -0.422 e. The van der Waals surface area contributed by atoms with Gasteiger partial charge in [0.25, 0.3) is 10.0 Å². The maximum atomic E-state index is 5.47. The first-order chi connectivity index (χ1) is 6.86. The van der Waals surface area contributed by atoms with Crippen molar-refractivity contribution in [2.24, 2.45) is 0 Å². The molecule has 0 aromatic heterocycles. The molecule has 1 atom stereocenters. The van der Waals surface area contributed by atoms with Crippen LogP contribution in [0.4, 0.5) is 0 Å². The lowest BCUT2D eigenvalue weighted by Crippen LogP contribution is -2.38. The standard InChI is InChI=1S/C10H16O2Si2/c1-9(7-8-14-11-13-12-14)10-5-3-2-4-6-10/h2-6,9,14H,7-8,13H2,1H3. The monoisotopic (exact) mass is 224 g/mol. The predicted octanol–water partition coefficient (Wildman–Crippen LogP) is 1.45. The average Bonchev–Trinajstić information content (AvgIpc) is 2.16. The van der Waals surface area contributed by atoms with Gasteiger partial charge in [-0.25, -0.2) is 0 Å². The third-order valence-corrected chi connectivity index (χ3v) is 7.58. The van der Waals surface area contributed by atoms with Crippen LogP contribution in [0.25, 0.3) is 0 Å². The van der Waals surface area contributed by atoms with Crippen LogP contribution in [0.2, 0.25) is 6.04 Å². The third kappa shape index (κ3) is 2.54. The Morgan fingerprint density at radius 3 is 2.57 bits per heavy atom. The van der Waals surface area contributed by atoms with E-state index in [0.29, 0.717) is 5.92 Å². The highest BCUT2D eigenvalue weighted by atomic mass is 28.4. The summed E-state index contributed by atoms with van der Waals surface area (Å²) in [7, 11) is -1.61. The summed E-state index contributed by atoms with van der Waals surface area (Å²) in [5.41, 5.74) is 1.43. The Morgan fingerprint density at radius 2 is 2.00 bits per heavy atom. The molecule has 1 heterocycles. The van der Waals surface area contributed by atoms with E-state index < -0.39 is 19.3 Å². The number of hydrogen-bond acceptors (Lipinski definition) is 2. The molecule has 1 aliphatic rings. The van der Waals surface area contributed by atoms with Crippen LogP contribution in [0.1, 0.15) is 24.8 Å². The van der Waals surface area contributed by atoms with Crippen LogP contribution in [0.5, 0.6) is 0 Å². The van der Waals surface area contributed by atoms with Crippen LogP contribution in [-0.4, -0.2) is 19.3 Å². The molecule has 0 bridgehead atoms. The molecule has 0 amide bonds. The van der Waals surface area contributed by atoms with E-state index in [1.807, 2.05) is 0 Å². The van der Waals surface area contributed by atoms with E-state index >= 15 is 0 Å². The average molecular weight is 224 g/mol. The zero-order chi connectivity index (χ0) is 9.80. The molecule has 1 fully saturated rings. The summed E-state index contributed by atoms with van der Waals surface area (Å²) in [6.45, 7) is 2.28. The molecule has 2 rings (SSSR count). The van der Waals surface area contributed by atoms with E-state index in [2.05, 4.69) is 37.3 Å². The number of rotatable bonds is 4. The van der Waals surface area contributed by atoms with E-state index in [0.717, 1.165) is 0 Å². The van der Waals surface area contributed by atoms with Gasteiger partial charge in [-0.2, -0.15) is 0 Å². The molecule has 0 spiro atoms. The van der Waals surface area contributed by atoms with Crippen LogP contribution < -0.4 is 0 Å². The fraction of sp³-hybridized carbons (Fsp3) is 0.400. The zero-order valence-electron chi connectivity index (χ0n) is 8.48. The van der Waals surface area contributed by atoms with Gasteiger partial charge in [-0.05, 0) is 23.9 Å². The van der Waals surface area contributed by atoms with Gasteiger partial charge in [0.2, 0.25) is 0 Å². The molecule has 1 aromatic carbocycles.